The van der Waals surface area contributed by atoms with E-state index in [2.05, 4.69) is 0 Å². The number of nitro benzene ring substituents is 1. The van der Waals surface area contributed by atoms with Crippen molar-refractivity contribution in [3.63, 3.8) is 0 Å². The molecule has 7 nitrogen and oxygen atoms in total. The molecule has 18 heavy (non-hydrogen) atoms. The highest BCUT2D eigenvalue weighted by Crippen LogP contribution is 2.27. The van der Waals surface area contributed by atoms with Gasteiger partial charge in [0.05, 0.1) is 11.5 Å². The molecule has 0 amide bonds. The van der Waals surface area contributed by atoms with Crippen LogP contribution in [-0.2, 0) is 10.0 Å². The lowest BCUT2D eigenvalue weighted by Crippen LogP contribution is -2.15. The van der Waals surface area contributed by atoms with Crippen LogP contribution in [0.5, 0.6) is 5.75 Å². The number of nitrogens with zero attached hydrogens (tertiary/aromatic N) is 1. The molecule has 0 heterocycles. The van der Waals surface area contributed by atoms with Crippen molar-refractivity contribution in [3.8, 4) is 5.75 Å². The number of benzene rings is 1. The van der Waals surface area contributed by atoms with Gasteiger partial charge in [-0.25, -0.2) is 13.6 Å². The molecule has 2 N–H and O–H groups in total. The molecule has 0 aliphatic carbocycles. The number of ether oxygens (including phenoxy) is 1. The summed E-state index contributed by atoms with van der Waals surface area (Å²) in [5, 5.41) is 15.6. The molecule has 0 bridgehead atoms. The second kappa shape index (κ2) is 5.32. The third kappa shape index (κ3) is 3.67. The smallest absolute Gasteiger partial charge is 0.271 e. The maximum atomic E-state index is 11.3. The molecule has 0 fully saturated rings. The first-order valence-electron chi connectivity index (χ1n) is 5.16. The van der Waals surface area contributed by atoms with Gasteiger partial charge in [0.2, 0.25) is 10.0 Å². The maximum Gasteiger partial charge on any atom is 0.271 e. The normalized spacial score (nSPS) is 11.6. The van der Waals surface area contributed by atoms with E-state index < -0.39 is 14.9 Å². The molecule has 1 rings (SSSR count). The fourth-order valence-corrected chi connectivity index (χ4v) is 1.90. The predicted molar refractivity (Wildman–Crippen MR) is 64.8 cm³/mol. The summed E-state index contributed by atoms with van der Waals surface area (Å²) in [7, 11) is -4.07. The Labute approximate surface area is 105 Å². The van der Waals surface area contributed by atoms with Gasteiger partial charge in [0.25, 0.3) is 5.69 Å². The van der Waals surface area contributed by atoms with Gasteiger partial charge < -0.3 is 4.74 Å². The van der Waals surface area contributed by atoms with Gasteiger partial charge in [-0.05, 0) is 12.0 Å². The molecule has 0 saturated carbocycles. The van der Waals surface area contributed by atoms with Crippen LogP contribution in [0, 0.1) is 16.0 Å². The van der Waals surface area contributed by atoms with E-state index in [1.54, 1.807) is 0 Å². The molecule has 0 radical (unpaired) electrons. The number of primary sulfonamides is 1. The average molecular weight is 274 g/mol. The van der Waals surface area contributed by atoms with Crippen molar-refractivity contribution in [1.29, 1.82) is 0 Å². The van der Waals surface area contributed by atoms with E-state index in [1.165, 1.54) is 12.1 Å². The zero-order chi connectivity index (χ0) is 13.9. The number of nitrogens with two attached hydrogens (primary N) is 1. The Balaban J connectivity index is 3.22. The summed E-state index contributed by atoms with van der Waals surface area (Å²) in [6.07, 6.45) is 0. The lowest BCUT2D eigenvalue weighted by Gasteiger charge is -2.11. The number of non-ortho nitro benzene ring substituents is 1. The van der Waals surface area contributed by atoms with Gasteiger partial charge in [-0.2, -0.15) is 0 Å². The Morgan fingerprint density at radius 3 is 2.50 bits per heavy atom. The fraction of sp³-hybridized carbons (Fsp3) is 0.400. The van der Waals surface area contributed by atoms with Crippen molar-refractivity contribution in [3.05, 3.63) is 28.3 Å². The van der Waals surface area contributed by atoms with Crippen LogP contribution in [0.4, 0.5) is 5.69 Å². The van der Waals surface area contributed by atoms with Gasteiger partial charge in [-0.3, -0.25) is 10.1 Å². The van der Waals surface area contributed by atoms with Crippen molar-refractivity contribution in [2.75, 3.05) is 6.61 Å². The van der Waals surface area contributed by atoms with Crippen LogP contribution in [-0.4, -0.2) is 19.9 Å². The van der Waals surface area contributed by atoms with Crippen molar-refractivity contribution < 1.29 is 18.1 Å². The van der Waals surface area contributed by atoms with Gasteiger partial charge in [-0.1, -0.05) is 13.8 Å². The SMILES string of the molecule is CC(C)COc1ccc([N+](=O)[O-])cc1S(N)(=O)=O. The minimum atomic E-state index is -4.07. The predicted octanol–water partition coefficient (Wildman–Crippen LogP) is 1.28. The molecular formula is C10H14N2O5S. The van der Waals surface area contributed by atoms with Crippen LogP contribution in [0.2, 0.25) is 0 Å². The van der Waals surface area contributed by atoms with Gasteiger partial charge in [-0.15, -0.1) is 0 Å². The Kier molecular flexibility index (Phi) is 4.25. The third-order valence-corrected chi connectivity index (χ3v) is 2.95. The monoisotopic (exact) mass is 274 g/mol. The number of hydrogen-bond donors (Lipinski definition) is 1. The Morgan fingerprint density at radius 2 is 2.06 bits per heavy atom. The first-order valence-corrected chi connectivity index (χ1v) is 6.70. The van der Waals surface area contributed by atoms with Gasteiger partial charge >= 0.3 is 0 Å². The average Bonchev–Trinajstić information content (AvgIpc) is 2.24. The highest BCUT2D eigenvalue weighted by molar-refractivity contribution is 7.89. The highest BCUT2D eigenvalue weighted by Gasteiger charge is 2.20. The molecule has 0 aromatic heterocycles. The largest absolute Gasteiger partial charge is 0.492 e. The van der Waals surface area contributed by atoms with E-state index in [-0.39, 0.29) is 22.3 Å². The first-order chi connectivity index (χ1) is 8.21. The number of sulfonamides is 1. The maximum absolute atomic E-state index is 11.3. The highest BCUT2D eigenvalue weighted by atomic mass is 32.2. The second-order valence-electron chi connectivity index (χ2n) is 4.14. The Morgan fingerprint density at radius 1 is 1.44 bits per heavy atom. The lowest BCUT2D eigenvalue weighted by atomic mass is 10.2. The van der Waals surface area contributed by atoms with E-state index in [0.29, 0.717) is 6.61 Å². The van der Waals surface area contributed by atoms with Crippen LogP contribution in [0.1, 0.15) is 13.8 Å². The minimum absolute atomic E-state index is 0.0248. The molecular weight excluding hydrogens is 260 g/mol. The van der Waals surface area contributed by atoms with Crippen molar-refractivity contribution >= 4 is 15.7 Å². The molecule has 8 heteroatoms. The third-order valence-electron chi connectivity index (χ3n) is 2.02. The summed E-state index contributed by atoms with van der Waals surface area (Å²) < 4.78 is 28.0. The molecule has 1 aromatic carbocycles. The zero-order valence-electron chi connectivity index (χ0n) is 9.99. The number of hydrogen-bond acceptors (Lipinski definition) is 5. The van der Waals surface area contributed by atoms with Crippen molar-refractivity contribution in [1.82, 2.24) is 0 Å². The van der Waals surface area contributed by atoms with Crippen LogP contribution >= 0.6 is 0 Å². The van der Waals surface area contributed by atoms with Gasteiger partial charge in [0, 0.05) is 12.1 Å². The quantitative estimate of drug-likeness (QED) is 0.641. The molecule has 0 spiro atoms. The molecule has 0 unspecified atom stereocenters. The summed E-state index contributed by atoms with van der Waals surface area (Å²) >= 11 is 0. The van der Waals surface area contributed by atoms with Crippen LogP contribution in [0.25, 0.3) is 0 Å². The Bertz CT molecular complexity index is 553. The second-order valence-corrected chi connectivity index (χ2v) is 5.67. The first kappa shape index (κ1) is 14.4. The van der Waals surface area contributed by atoms with E-state index in [1.807, 2.05) is 13.8 Å². The van der Waals surface area contributed by atoms with Gasteiger partial charge in [0.1, 0.15) is 10.6 Å². The van der Waals surface area contributed by atoms with Crippen LogP contribution in [0.15, 0.2) is 23.1 Å². The summed E-state index contributed by atoms with van der Waals surface area (Å²) in [6.45, 7) is 4.07. The van der Waals surface area contributed by atoms with Crippen LogP contribution < -0.4 is 9.88 Å². The Hall–Kier alpha value is -1.67. The molecule has 1 aromatic rings. The van der Waals surface area contributed by atoms with Gasteiger partial charge in [0.15, 0.2) is 0 Å². The summed E-state index contributed by atoms with van der Waals surface area (Å²) in [5.41, 5.74) is -0.351. The zero-order valence-corrected chi connectivity index (χ0v) is 10.8. The molecule has 0 atom stereocenters. The molecule has 0 aliphatic rings. The standard InChI is InChI=1S/C10H14N2O5S/c1-7(2)6-17-9-4-3-8(12(13)14)5-10(9)18(11,15)16/h3-5,7H,6H2,1-2H3,(H2,11,15,16). The molecule has 0 saturated heterocycles. The molecule has 0 aliphatic heterocycles. The molecule has 100 valence electrons. The summed E-state index contributed by atoms with van der Waals surface area (Å²) in [5.74, 6) is 0.213. The number of rotatable bonds is 5. The van der Waals surface area contributed by atoms with E-state index >= 15 is 0 Å². The topological polar surface area (TPSA) is 113 Å². The van der Waals surface area contributed by atoms with E-state index in [4.69, 9.17) is 9.88 Å². The lowest BCUT2D eigenvalue weighted by molar-refractivity contribution is -0.385. The fourth-order valence-electron chi connectivity index (χ4n) is 1.21. The van der Waals surface area contributed by atoms with Crippen molar-refractivity contribution in [2.45, 2.75) is 18.7 Å². The number of nitro groups is 1. The summed E-state index contributed by atoms with van der Waals surface area (Å²) in [6, 6.07) is 3.30. The summed E-state index contributed by atoms with van der Waals surface area (Å²) in [4.78, 5) is 9.52. The minimum Gasteiger partial charge on any atom is -0.492 e. The van der Waals surface area contributed by atoms with E-state index in [9.17, 15) is 18.5 Å². The van der Waals surface area contributed by atoms with Crippen molar-refractivity contribution in [2.24, 2.45) is 11.1 Å². The van der Waals surface area contributed by atoms with Crippen LogP contribution in [0.3, 0.4) is 0 Å². The van der Waals surface area contributed by atoms with E-state index in [0.717, 1.165) is 6.07 Å².